The number of aryl methyl sites for hydroxylation is 3. The van der Waals surface area contributed by atoms with Crippen molar-refractivity contribution < 1.29 is 51.0 Å². The van der Waals surface area contributed by atoms with Crippen molar-refractivity contribution in [3.8, 4) is 5.75 Å². The highest BCUT2D eigenvalue weighted by atomic mass is 32.2. The first kappa shape index (κ1) is 117. The smallest absolute Gasteiger partial charge is 0.243 e. The zero-order valence-corrected chi connectivity index (χ0v) is 82.5. The number of sulfonamides is 5. The molecule has 1 unspecified atom stereocenters. The molecule has 0 fully saturated rings. The van der Waals surface area contributed by atoms with E-state index >= 15 is 0 Å². The van der Waals surface area contributed by atoms with Gasteiger partial charge in [0.1, 0.15) is 5.75 Å². The van der Waals surface area contributed by atoms with E-state index < -0.39 is 60.9 Å². The van der Waals surface area contributed by atoms with Gasteiger partial charge in [-0.1, -0.05) is 298 Å². The summed E-state index contributed by atoms with van der Waals surface area (Å²) in [6.07, 6.45) is 1.70. The third-order valence-electron chi connectivity index (χ3n) is 19.2. The van der Waals surface area contributed by atoms with Crippen molar-refractivity contribution in [1.29, 1.82) is 0 Å². The third-order valence-corrected chi connectivity index (χ3v) is 28.5. The monoisotopic (exact) mass is 1800 g/mol. The fourth-order valence-electron chi connectivity index (χ4n) is 10.8. The number of hydrogen-bond acceptors (Lipinski definition) is 12. The van der Waals surface area contributed by atoms with Crippen molar-refractivity contribution in [2.75, 3.05) is 54.6 Å². The van der Waals surface area contributed by atoms with Gasteiger partial charge in [0, 0.05) is 55.2 Å². The molecule has 9 aromatic rings. The molecule has 23 heteroatoms. The number of benzene rings is 9. The quantitative estimate of drug-likeness (QED) is 0.0512. The number of nitrogens with zero attached hydrogens (tertiary/aromatic N) is 2. The Bertz CT molecular complexity index is 4900. The van der Waals surface area contributed by atoms with Crippen molar-refractivity contribution in [3.63, 3.8) is 0 Å². The van der Waals surface area contributed by atoms with Gasteiger partial charge in [-0.05, 0) is 236 Å². The Morgan fingerprint density at radius 3 is 0.762 bits per heavy atom. The fourth-order valence-corrected chi connectivity index (χ4v) is 16.4. The van der Waals surface area contributed by atoms with Gasteiger partial charge >= 0.3 is 0 Å². The largest absolute Gasteiger partial charge is 0.496 e. The van der Waals surface area contributed by atoms with Gasteiger partial charge in [0.25, 0.3) is 0 Å². The van der Waals surface area contributed by atoms with E-state index in [1.165, 1.54) is 75.7 Å². The van der Waals surface area contributed by atoms with E-state index in [2.05, 4.69) is 226 Å². The summed E-state index contributed by atoms with van der Waals surface area (Å²) < 4.78 is 143. The van der Waals surface area contributed by atoms with Gasteiger partial charge in [0.2, 0.25) is 50.1 Å². The normalized spacial score (nSPS) is 11.7. The summed E-state index contributed by atoms with van der Waals surface area (Å²) in [5.74, 6) is 5.49. The minimum atomic E-state index is -3.35. The molecule has 0 saturated carbocycles. The standard InChI is InChI=1S/C13H21NO2S.C12H19NO2S.C11H17NO2S.C11H16O.2C10H15NO2S.C10H14OS.2C10H14.2CH4/c1-5-14(6-2)17(15,16)13-9-7-12(8-10-13)11(3)4;1-9(2)11-5-7-12(8-6-11)16(14,15)13-10(3)4;1-9(2)10-5-7-11(8-6-10)15(13,14)12(3)4;1-8(2)10-6-5-9(3)11(7-10)12-4;2*1-8(2)9-4-6-10(7-5-9)14(12,13)11-3;1-8(2)9-4-6-10(7-5-9)12(3)11;2*1-8(2)10-6-4-9(3)5-7-10;;/h7-11H,5-6H2,1-4H3;5-10,13H,1-4H3;5-9H,1-4H3;5-8H,1-4H3;2*4-8,11H,1-3H3;4-8H,1-3H3;2*4-8H,1-3H3;2*1H4. The van der Waals surface area contributed by atoms with Gasteiger partial charge in [-0.15, -0.1) is 0 Å². The molecule has 9 aromatic carbocycles. The van der Waals surface area contributed by atoms with Crippen LogP contribution in [0, 0.1) is 20.8 Å². The van der Waals surface area contributed by atoms with Gasteiger partial charge in [-0.25, -0.2) is 60.6 Å². The van der Waals surface area contributed by atoms with Crippen LogP contribution in [0.3, 0.4) is 0 Å². The average molecular weight is 1800 g/mol. The number of rotatable bonds is 24. The molecule has 0 saturated heterocycles. The Labute approximate surface area is 745 Å². The predicted octanol–water partition coefficient (Wildman–Crippen LogP) is 24.0. The van der Waals surface area contributed by atoms with E-state index in [1.54, 1.807) is 87.9 Å². The van der Waals surface area contributed by atoms with Crippen LogP contribution in [0.4, 0.5) is 0 Å². The number of methoxy groups -OCH3 is 1. The lowest BCUT2D eigenvalue weighted by Crippen LogP contribution is -2.30. The molecule has 0 radical (unpaired) electrons. The molecule has 3 N–H and O–H groups in total. The van der Waals surface area contributed by atoms with Crippen molar-refractivity contribution in [1.82, 2.24) is 22.8 Å². The molecule has 0 spiro atoms. The van der Waals surface area contributed by atoms with Crippen LogP contribution in [-0.2, 0) is 60.9 Å². The maximum absolute atomic E-state index is 12.2. The van der Waals surface area contributed by atoms with Gasteiger partial charge in [0.05, 0.1) is 31.6 Å². The Hall–Kier alpha value is -7.52. The molecular formula is C99H153N5O12S6. The number of nitrogens with one attached hydrogen (secondary N) is 3. The van der Waals surface area contributed by atoms with E-state index in [0.717, 1.165) is 38.5 Å². The zero-order valence-electron chi connectivity index (χ0n) is 77.6. The zero-order chi connectivity index (χ0) is 92.0. The maximum Gasteiger partial charge on any atom is 0.243 e. The van der Waals surface area contributed by atoms with Gasteiger partial charge in [-0.3, -0.25) is 4.21 Å². The highest BCUT2D eigenvalue weighted by Gasteiger charge is 2.22. The van der Waals surface area contributed by atoms with Crippen molar-refractivity contribution in [3.05, 3.63) is 279 Å². The summed E-state index contributed by atoms with van der Waals surface area (Å²) in [6, 6.07) is 66.8. The van der Waals surface area contributed by atoms with Crippen LogP contribution in [0.2, 0.25) is 0 Å². The van der Waals surface area contributed by atoms with Crippen LogP contribution in [-0.4, -0.2) is 116 Å². The lowest BCUT2D eigenvalue weighted by Gasteiger charge is -2.18. The summed E-state index contributed by atoms with van der Waals surface area (Å²) in [6.45, 7) is 52.9. The molecule has 682 valence electrons. The van der Waals surface area contributed by atoms with E-state index in [9.17, 15) is 46.3 Å². The first-order chi connectivity index (χ1) is 55.7. The average Bonchev–Trinajstić information content (AvgIpc) is 0.964. The molecule has 0 aliphatic carbocycles. The molecule has 0 aliphatic rings. The minimum absolute atomic E-state index is 0. The Kier molecular flexibility index (Phi) is 53.9. The van der Waals surface area contributed by atoms with E-state index in [1.807, 2.05) is 98.8 Å². The van der Waals surface area contributed by atoms with Crippen LogP contribution < -0.4 is 18.9 Å². The Morgan fingerprint density at radius 1 is 0.328 bits per heavy atom. The summed E-state index contributed by atoms with van der Waals surface area (Å²) in [5, 5.41) is 0. The molecule has 122 heavy (non-hydrogen) atoms. The van der Waals surface area contributed by atoms with E-state index in [0.29, 0.717) is 90.8 Å². The second-order valence-electron chi connectivity index (χ2n) is 32.4. The second-order valence-corrected chi connectivity index (χ2v) is 43.3. The van der Waals surface area contributed by atoms with Gasteiger partial charge < -0.3 is 4.74 Å². The molecule has 0 aliphatic heterocycles. The Balaban J connectivity index is 0. The Morgan fingerprint density at radius 2 is 0.549 bits per heavy atom. The lowest BCUT2D eigenvalue weighted by atomic mass is 10.0. The molecule has 9 rings (SSSR count). The van der Waals surface area contributed by atoms with Crippen LogP contribution in [0.15, 0.2) is 242 Å². The SMILES string of the molecule is C.C.CC(C)NS(=O)(=O)c1ccc(C(C)C)cc1.CC(C)c1ccc(S(=O)(=O)N(C)C)cc1.CC(C)c1ccc(S(C)=O)cc1.CCN(CC)S(=O)(=O)c1ccc(C(C)C)cc1.CNS(=O)(=O)c1ccc(C(C)C)cc1.CNS(=O)(=O)c1ccc(C(C)C)cc1.COc1cc(C(C)C)ccc1C.Cc1ccc(C(C)C)cc1.Cc1ccc(C(C)C)cc1. The molecule has 0 amide bonds. The fraction of sp³-hybridized carbons (Fsp3) is 0.455. The lowest BCUT2D eigenvalue weighted by molar-refractivity contribution is 0.411. The molecule has 0 heterocycles. The van der Waals surface area contributed by atoms with Crippen LogP contribution >= 0.6 is 0 Å². The van der Waals surface area contributed by atoms with Crippen molar-refractivity contribution in [2.45, 2.75) is 277 Å². The number of hydrogen-bond donors (Lipinski definition) is 3. The van der Waals surface area contributed by atoms with Crippen LogP contribution in [0.1, 0.15) is 287 Å². The molecule has 17 nitrogen and oxygen atoms in total. The van der Waals surface area contributed by atoms with Gasteiger partial charge in [-0.2, -0.15) is 4.31 Å². The van der Waals surface area contributed by atoms with E-state index in [4.69, 9.17) is 4.74 Å². The molecular weight excluding hydrogens is 1640 g/mol. The molecule has 1 atom stereocenters. The molecule has 0 bridgehead atoms. The van der Waals surface area contributed by atoms with Crippen LogP contribution in [0.25, 0.3) is 0 Å². The number of ether oxygens (including phenoxy) is 1. The second kappa shape index (κ2) is 56.4. The van der Waals surface area contributed by atoms with Crippen molar-refractivity contribution >= 4 is 60.9 Å². The van der Waals surface area contributed by atoms with Crippen molar-refractivity contribution in [2.24, 2.45) is 0 Å². The highest BCUT2D eigenvalue weighted by Crippen LogP contribution is 2.27. The van der Waals surface area contributed by atoms with E-state index in [-0.39, 0.29) is 20.9 Å². The first-order valence-electron chi connectivity index (χ1n) is 41.2. The summed E-state index contributed by atoms with van der Waals surface area (Å²) in [7, 11) is -9.78. The first-order valence-corrected chi connectivity index (χ1v) is 50.1. The minimum Gasteiger partial charge on any atom is -0.496 e. The predicted molar refractivity (Wildman–Crippen MR) is 520 cm³/mol. The summed E-state index contributed by atoms with van der Waals surface area (Å²) in [4.78, 5) is 2.57. The highest BCUT2D eigenvalue weighted by molar-refractivity contribution is 7.90. The summed E-state index contributed by atoms with van der Waals surface area (Å²) in [5.41, 5.74) is 15.1. The third kappa shape index (κ3) is 41.1. The maximum atomic E-state index is 12.2. The topological polar surface area (TPSA) is 240 Å². The van der Waals surface area contributed by atoms with Crippen LogP contribution in [0.5, 0.6) is 5.75 Å². The molecule has 0 aromatic heterocycles. The summed E-state index contributed by atoms with van der Waals surface area (Å²) >= 11 is 0. The van der Waals surface area contributed by atoms with Gasteiger partial charge in [0.15, 0.2) is 0 Å².